The van der Waals surface area contributed by atoms with Crippen molar-refractivity contribution in [1.82, 2.24) is 0 Å². The lowest BCUT2D eigenvalue weighted by Crippen LogP contribution is -2.43. The van der Waals surface area contributed by atoms with E-state index in [0.29, 0.717) is 12.1 Å². The van der Waals surface area contributed by atoms with Gasteiger partial charge in [-0.15, -0.1) is 0 Å². The monoisotopic (exact) mass is 280 g/mol. The Hall–Kier alpha value is -2.82. The molecule has 1 atom stereocenters. The maximum Gasteiger partial charge on any atom is 0.335 e. The van der Waals surface area contributed by atoms with Crippen LogP contribution < -0.4 is 10.2 Å². The number of hydrogen-bond acceptors (Lipinski definition) is 3. The Morgan fingerprint density at radius 1 is 1.19 bits per heavy atom. The summed E-state index contributed by atoms with van der Waals surface area (Å²) in [4.78, 5) is 25.4. The van der Waals surface area contributed by atoms with Gasteiger partial charge in [0.2, 0.25) is 5.91 Å². The van der Waals surface area contributed by atoms with E-state index in [9.17, 15) is 9.59 Å². The predicted molar refractivity (Wildman–Crippen MR) is 78.1 cm³/mol. The average Bonchev–Trinajstić information content (AvgIpc) is 2.87. The molecule has 1 amide bonds. The standard InChI is InChI=1S/C16H12N2O3/c19-15-14-7-9-3-1-2-4-12(9)18(14)13-8-10(16(20)21)5-6-11(13)17-15/h1-6,8,14H,7H2,(H,17,19)(H,20,21). The van der Waals surface area contributed by atoms with Crippen LogP contribution in [0.4, 0.5) is 17.1 Å². The van der Waals surface area contributed by atoms with Gasteiger partial charge in [-0.3, -0.25) is 4.79 Å². The molecule has 0 aliphatic carbocycles. The number of rotatable bonds is 1. The number of fused-ring (bicyclic) bond motifs is 5. The van der Waals surface area contributed by atoms with Gasteiger partial charge in [0.1, 0.15) is 6.04 Å². The molecule has 1 unspecified atom stereocenters. The maximum atomic E-state index is 12.3. The highest BCUT2D eigenvalue weighted by Crippen LogP contribution is 2.44. The van der Waals surface area contributed by atoms with Crippen LogP contribution in [0.2, 0.25) is 0 Å². The summed E-state index contributed by atoms with van der Waals surface area (Å²) in [6, 6.07) is 12.3. The molecule has 2 aliphatic rings. The molecule has 2 N–H and O–H groups in total. The number of nitrogens with zero attached hydrogens (tertiary/aromatic N) is 1. The minimum absolute atomic E-state index is 0.0539. The van der Waals surface area contributed by atoms with Gasteiger partial charge < -0.3 is 15.3 Å². The minimum atomic E-state index is -0.973. The molecule has 2 aliphatic heterocycles. The topological polar surface area (TPSA) is 69.6 Å². The number of carboxylic acids is 1. The van der Waals surface area contributed by atoms with E-state index in [1.54, 1.807) is 12.1 Å². The minimum Gasteiger partial charge on any atom is -0.478 e. The van der Waals surface area contributed by atoms with Crippen molar-refractivity contribution in [3.8, 4) is 0 Å². The Bertz CT molecular complexity index is 785. The van der Waals surface area contributed by atoms with Gasteiger partial charge in [-0.2, -0.15) is 0 Å². The number of anilines is 3. The van der Waals surface area contributed by atoms with Crippen molar-refractivity contribution in [3.63, 3.8) is 0 Å². The fourth-order valence-corrected chi connectivity index (χ4v) is 3.08. The highest BCUT2D eigenvalue weighted by Gasteiger charge is 2.39. The number of amides is 1. The number of carbonyl (C=O) groups is 2. The Labute approximate surface area is 120 Å². The van der Waals surface area contributed by atoms with Gasteiger partial charge >= 0.3 is 5.97 Å². The highest BCUT2D eigenvalue weighted by molar-refractivity contribution is 6.08. The number of hydrogen-bond donors (Lipinski definition) is 2. The molecule has 21 heavy (non-hydrogen) atoms. The van der Waals surface area contributed by atoms with E-state index in [-0.39, 0.29) is 17.5 Å². The number of aromatic carboxylic acids is 1. The van der Waals surface area contributed by atoms with Gasteiger partial charge in [-0.05, 0) is 29.8 Å². The van der Waals surface area contributed by atoms with E-state index in [1.165, 1.54) is 6.07 Å². The molecular formula is C16H12N2O3. The summed E-state index contributed by atoms with van der Waals surface area (Å²) in [5.74, 6) is -1.03. The summed E-state index contributed by atoms with van der Waals surface area (Å²) >= 11 is 0. The predicted octanol–water partition coefficient (Wildman–Crippen LogP) is 2.40. The van der Waals surface area contributed by atoms with E-state index < -0.39 is 5.97 Å². The van der Waals surface area contributed by atoms with Crippen LogP contribution in [0.5, 0.6) is 0 Å². The van der Waals surface area contributed by atoms with Crippen LogP contribution in [0.1, 0.15) is 15.9 Å². The third-order valence-corrected chi connectivity index (χ3v) is 4.04. The van der Waals surface area contributed by atoms with Crippen molar-refractivity contribution in [1.29, 1.82) is 0 Å². The molecule has 4 rings (SSSR count). The fraction of sp³-hybridized carbons (Fsp3) is 0.125. The van der Waals surface area contributed by atoms with Gasteiger partial charge in [0.25, 0.3) is 0 Å². The van der Waals surface area contributed by atoms with E-state index >= 15 is 0 Å². The van der Waals surface area contributed by atoms with E-state index in [2.05, 4.69) is 5.32 Å². The molecule has 2 heterocycles. The van der Waals surface area contributed by atoms with Gasteiger partial charge in [-0.25, -0.2) is 4.79 Å². The van der Waals surface area contributed by atoms with Crippen molar-refractivity contribution in [2.24, 2.45) is 0 Å². The zero-order valence-corrected chi connectivity index (χ0v) is 11.0. The van der Waals surface area contributed by atoms with Crippen molar-refractivity contribution in [3.05, 3.63) is 53.6 Å². The smallest absolute Gasteiger partial charge is 0.335 e. The number of carbonyl (C=O) groups excluding carboxylic acids is 1. The number of para-hydroxylation sites is 1. The van der Waals surface area contributed by atoms with Crippen LogP contribution >= 0.6 is 0 Å². The molecule has 5 nitrogen and oxygen atoms in total. The van der Waals surface area contributed by atoms with Crippen LogP contribution in [0.3, 0.4) is 0 Å². The lowest BCUT2D eigenvalue weighted by Gasteiger charge is -2.33. The number of carboxylic acid groups (broad SMARTS) is 1. The summed E-state index contributed by atoms with van der Waals surface area (Å²) < 4.78 is 0. The molecule has 0 saturated heterocycles. The Morgan fingerprint density at radius 3 is 2.81 bits per heavy atom. The summed E-state index contributed by atoms with van der Waals surface area (Å²) in [6.45, 7) is 0. The van der Waals surface area contributed by atoms with Crippen LogP contribution in [0.15, 0.2) is 42.5 Å². The summed E-state index contributed by atoms with van der Waals surface area (Å²) in [5.41, 5.74) is 3.68. The molecule has 0 radical (unpaired) electrons. The van der Waals surface area contributed by atoms with Crippen LogP contribution in [-0.4, -0.2) is 23.0 Å². The molecule has 2 aromatic rings. The number of nitrogens with one attached hydrogen (secondary N) is 1. The first-order valence-electron chi connectivity index (χ1n) is 6.70. The van der Waals surface area contributed by atoms with E-state index in [0.717, 1.165) is 16.9 Å². The van der Waals surface area contributed by atoms with Crippen LogP contribution in [0, 0.1) is 0 Å². The van der Waals surface area contributed by atoms with Gasteiger partial charge in [0.05, 0.1) is 16.9 Å². The molecule has 0 aromatic heterocycles. The maximum absolute atomic E-state index is 12.3. The molecule has 0 saturated carbocycles. The first-order chi connectivity index (χ1) is 10.1. The fourth-order valence-electron chi connectivity index (χ4n) is 3.08. The van der Waals surface area contributed by atoms with Crippen LogP contribution in [0.25, 0.3) is 0 Å². The molecular weight excluding hydrogens is 268 g/mol. The number of benzene rings is 2. The van der Waals surface area contributed by atoms with E-state index in [4.69, 9.17) is 5.11 Å². The molecule has 0 fully saturated rings. The van der Waals surface area contributed by atoms with Crippen molar-refractivity contribution in [2.75, 3.05) is 10.2 Å². The molecule has 104 valence electrons. The summed E-state index contributed by atoms with van der Waals surface area (Å²) in [5, 5.41) is 12.0. The summed E-state index contributed by atoms with van der Waals surface area (Å²) in [6.07, 6.45) is 0.638. The van der Waals surface area contributed by atoms with Crippen molar-refractivity contribution >= 4 is 28.9 Å². The third-order valence-electron chi connectivity index (χ3n) is 4.04. The zero-order valence-electron chi connectivity index (χ0n) is 11.0. The molecule has 5 heteroatoms. The molecule has 2 aromatic carbocycles. The van der Waals surface area contributed by atoms with Crippen molar-refractivity contribution < 1.29 is 14.7 Å². The first kappa shape index (κ1) is 12.0. The second-order valence-corrected chi connectivity index (χ2v) is 5.24. The highest BCUT2D eigenvalue weighted by atomic mass is 16.4. The molecule has 0 spiro atoms. The third kappa shape index (κ3) is 1.64. The second-order valence-electron chi connectivity index (χ2n) is 5.24. The zero-order chi connectivity index (χ0) is 14.6. The Balaban J connectivity index is 1.93. The van der Waals surface area contributed by atoms with Crippen molar-refractivity contribution in [2.45, 2.75) is 12.5 Å². The average molecular weight is 280 g/mol. The Kier molecular flexibility index (Phi) is 2.33. The largest absolute Gasteiger partial charge is 0.478 e. The summed E-state index contributed by atoms with van der Waals surface area (Å²) in [7, 11) is 0. The SMILES string of the molecule is O=C(O)c1ccc2c(c1)N1c3ccccc3CC1C(=O)N2. The lowest BCUT2D eigenvalue weighted by molar-refractivity contribution is -0.117. The van der Waals surface area contributed by atoms with Gasteiger partial charge in [0, 0.05) is 12.1 Å². The van der Waals surface area contributed by atoms with E-state index in [1.807, 2.05) is 29.2 Å². The normalized spacial score (nSPS) is 18.6. The first-order valence-corrected chi connectivity index (χ1v) is 6.70. The molecule has 0 bridgehead atoms. The van der Waals surface area contributed by atoms with Gasteiger partial charge in [-0.1, -0.05) is 18.2 Å². The quantitative estimate of drug-likeness (QED) is 0.841. The second kappa shape index (κ2) is 4.09. The van der Waals surface area contributed by atoms with Crippen LogP contribution in [-0.2, 0) is 11.2 Å². The van der Waals surface area contributed by atoms with Gasteiger partial charge in [0.15, 0.2) is 0 Å². The Morgan fingerprint density at radius 2 is 2.00 bits per heavy atom. The lowest BCUT2D eigenvalue weighted by atomic mass is 10.1.